The average molecular weight is 312 g/mol. The van der Waals surface area contributed by atoms with Gasteiger partial charge in [0.05, 0.1) is 12.8 Å². The molecule has 1 aliphatic rings. The fourth-order valence-electron chi connectivity index (χ4n) is 2.34. The van der Waals surface area contributed by atoms with Crippen LogP contribution in [0, 0.1) is 0 Å². The lowest BCUT2D eigenvalue weighted by molar-refractivity contribution is -0.118. The molecule has 0 bridgehead atoms. The number of carbonyl (C=O) groups is 2. The van der Waals surface area contributed by atoms with Crippen molar-refractivity contribution in [3.63, 3.8) is 0 Å². The number of ether oxygens (including phenoxy) is 2. The number of methoxy groups -OCH3 is 1. The molecule has 0 aromatic heterocycles. The minimum Gasteiger partial charge on any atom is -0.496 e. The van der Waals surface area contributed by atoms with Crippen molar-refractivity contribution in [3.8, 4) is 11.5 Å². The maximum absolute atomic E-state index is 12.3. The molecule has 118 valence electrons. The summed E-state index contributed by atoms with van der Waals surface area (Å²) in [6.07, 6.45) is 0. The van der Waals surface area contributed by atoms with Crippen LogP contribution in [-0.2, 0) is 11.3 Å². The summed E-state index contributed by atoms with van der Waals surface area (Å²) in [6.45, 7) is 0.316. The number of carbonyl (C=O) groups excluding carboxylic acids is 2. The van der Waals surface area contributed by atoms with Gasteiger partial charge in [0.1, 0.15) is 11.5 Å². The summed E-state index contributed by atoms with van der Waals surface area (Å²) >= 11 is 0. The van der Waals surface area contributed by atoms with Crippen LogP contribution in [0.15, 0.2) is 42.5 Å². The van der Waals surface area contributed by atoms with Crippen molar-refractivity contribution in [2.75, 3.05) is 19.0 Å². The third kappa shape index (κ3) is 3.26. The summed E-state index contributed by atoms with van der Waals surface area (Å²) in [5.74, 6) is 0.795. The molecule has 6 nitrogen and oxygen atoms in total. The van der Waals surface area contributed by atoms with Gasteiger partial charge in [-0.05, 0) is 24.3 Å². The minimum atomic E-state index is -0.223. The third-order valence-electron chi connectivity index (χ3n) is 3.51. The Morgan fingerprint density at radius 1 is 1.30 bits per heavy atom. The lowest BCUT2D eigenvalue weighted by Gasteiger charge is -2.18. The Kier molecular flexibility index (Phi) is 4.14. The topological polar surface area (TPSA) is 76.7 Å². The van der Waals surface area contributed by atoms with Crippen LogP contribution >= 0.6 is 0 Å². The number of hydrogen-bond donors (Lipinski definition) is 2. The van der Waals surface area contributed by atoms with Crippen molar-refractivity contribution >= 4 is 17.5 Å². The molecule has 2 aromatic carbocycles. The summed E-state index contributed by atoms with van der Waals surface area (Å²) in [7, 11) is 1.59. The summed E-state index contributed by atoms with van der Waals surface area (Å²) in [6, 6.07) is 12.4. The highest BCUT2D eigenvalue weighted by molar-refractivity contribution is 5.98. The van der Waals surface area contributed by atoms with E-state index in [0.717, 1.165) is 11.3 Å². The Morgan fingerprint density at radius 2 is 2.13 bits per heavy atom. The second kappa shape index (κ2) is 6.39. The lowest BCUT2D eigenvalue weighted by atomic mass is 10.1. The highest BCUT2D eigenvalue weighted by Gasteiger charge is 2.17. The van der Waals surface area contributed by atoms with Crippen molar-refractivity contribution in [2.24, 2.45) is 0 Å². The van der Waals surface area contributed by atoms with E-state index in [2.05, 4.69) is 10.6 Å². The number of hydrogen-bond acceptors (Lipinski definition) is 4. The zero-order valence-electron chi connectivity index (χ0n) is 12.6. The van der Waals surface area contributed by atoms with E-state index in [4.69, 9.17) is 9.47 Å². The molecule has 2 amide bonds. The summed E-state index contributed by atoms with van der Waals surface area (Å²) in [5.41, 5.74) is 1.93. The first-order valence-corrected chi connectivity index (χ1v) is 7.14. The number of amides is 2. The molecule has 2 N–H and O–H groups in total. The number of rotatable bonds is 4. The fraction of sp³-hybridized carbons (Fsp3) is 0.176. The van der Waals surface area contributed by atoms with Gasteiger partial charge in [-0.25, -0.2) is 0 Å². The Balaban J connectivity index is 1.70. The van der Waals surface area contributed by atoms with Crippen LogP contribution in [-0.4, -0.2) is 25.5 Å². The predicted octanol–water partition coefficient (Wildman–Crippen LogP) is 1.96. The average Bonchev–Trinajstić information content (AvgIpc) is 2.59. The van der Waals surface area contributed by atoms with Gasteiger partial charge in [0, 0.05) is 17.7 Å². The van der Waals surface area contributed by atoms with Gasteiger partial charge in [-0.2, -0.15) is 0 Å². The Hall–Kier alpha value is -3.02. The van der Waals surface area contributed by atoms with Gasteiger partial charge in [-0.3, -0.25) is 9.59 Å². The molecule has 0 atom stereocenters. The van der Waals surface area contributed by atoms with Crippen molar-refractivity contribution in [3.05, 3.63) is 53.6 Å². The van der Waals surface area contributed by atoms with E-state index in [9.17, 15) is 9.59 Å². The molecule has 2 aromatic rings. The maximum atomic E-state index is 12.3. The van der Waals surface area contributed by atoms with Crippen LogP contribution in [0.3, 0.4) is 0 Å². The first-order valence-electron chi connectivity index (χ1n) is 7.14. The van der Waals surface area contributed by atoms with Crippen LogP contribution < -0.4 is 20.1 Å². The van der Waals surface area contributed by atoms with Gasteiger partial charge < -0.3 is 20.1 Å². The molecule has 0 fully saturated rings. The molecule has 3 rings (SSSR count). The standard InChI is InChI=1S/C17H16N2O4/c1-22-14-5-3-2-4-12(14)9-18-17(21)11-6-7-13-15(8-11)23-10-16(20)19-13/h2-8H,9-10H2,1H3,(H,18,21)(H,19,20). The number of fused-ring (bicyclic) bond motifs is 1. The molecular formula is C17H16N2O4. The summed E-state index contributed by atoms with van der Waals surface area (Å²) in [4.78, 5) is 23.5. The molecule has 0 unspecified atom stereocenters. The Bertz CT molecular complexity index is 758. The van der Waals surface area contributed by atoms with Gasteiger partial charge in [0.2, 0.25) is 0 Å². The normalized spacial score (nSPS) is 12.7. The zero-order valence-corrected chi connectivity index (χ0v) is 12.6. The van der Waals surface area contributed by atoms with E-state index >= 15 is 0 Å². The lowest BCUT2D eigenvalue weighted by Crippen LogP contribution is -2.26. The van der Waals surface area contributed by atoms with E-state index in [1.807, 2.05) is 24.3 Å². The van der Waals surface area contributed by atoms with Crippen molar-refractivity contribution in [2.45, 2.75) is 6.54 Å². The molecule has 0 saturated heterocycles. The van der Waals surface area contributed by atoms with Gasteiger partial charge in [0.15, 0.2) is 6.61 Å². The largest absolute Gasteiger partial charge is 0.496 e. The van der Waals surface area contributed by atoms with Crippen LogP contribution in [0.2, 0.25) is 0 Å². The zero-order chi connectivity index (χ0) is 16.2. The van der Waals surface area contributed by atoms with Crippen LogP contribution in [0.25, 0.3) is 0 Å². The van der Waals surface area contributed by atoms with E-state index < -0.39 is 0 Å². The highest BCUT2D eigenvalue weighted by atomic mass is 16.5. The Morgan fingerprint density at radius 3 is 2.96 bits per heavy atom. The predicted molar refractivity (Wildman–Crippen MR) is 84.7 cm³/mol. The second-order valence-electron chi connectivity index (χ2n) is 5.04. The first-order chi connectivity index (χ1) is 11.2. The fourth-order valence-corrected chi connectivity index (χ4v) is 2.34. The summed E-state index contributed by atoms with van der Waals surface area (Å²) < 4.78 is 10.6. The molecule has 23 heavy (non-hydrogen) atoms. The molecule has 0 aliphatic carbocycles. The second-order valence-corrected chi connectivity index (χ2v) is 5.04. The number of nitrogens with one attached hydrogen (secondary N) is 2. The van der Waals surface area contributed by atoms with Gasteiger partial charge in [-0.15, -0.1) is 0 Å². The van der Waals surface area contributed by atoms with E-state index in [-0.39, 0.29) is 18.4 Å². The minimum absolute atomic E-state index is 0.0424. The molecule has 6 heteroatoms. The number of anilines is 1. The molecule has 1 heterocycles. The van der Waals surface area contributed by atoms with Crippen LogP contribution in [0.4, 0.5) is 5.69 Å². The third-order valence-corrected chi connectivity index (χ3v) is 3.51. The molecule has 0 radical (unpaired) electrons. The Labute approximate surface area is 133 Å². The SMILES string of the molecule is COc1ccccc1CNC(=O)c1ccc2c(c1)OCC(=O)N2. The van der Waals surface area contributed by atoms with Gasteiger partial charge in [0.25, 0.3) is 11.8 Å². The molecule has 1 aliphatic heterocycles. The number of benzene rings is 2. The summed E-state index contributed by atoms with van der Waals surface area (Å²) in [5, 5.41) is 5.53. The van der Waals surface area contributed by atoms with E-state index in [1.54, 1.807) is 25.3 Å². The first kappa shape index (κ1) is 14.9. The highest BCUT2D eigenvalue weighted by Crippen LogP contribution is 2.28. The van der Waals surface area contributed by atoms with E-state index in [0.29, 0.717) is 23.5 Å². The maximum Gasteiger partial charge on any atom is 0.262 e. The monoisotopic (exact) mass is 312 g/mol. The van der Waals surface area contributed by atoms with Crippen molar-refractivity contribution in [1.82, 2.24) is 5.32 Å². The molecule has 0 saturated carbocycles. The van der Waals surface area contributed by atoms with Crippen LogP contribution in [0.1, 0.15) is 15.9 Å². The van der Waals surface area contributed by atoms with Gasteiger partial charge >= 0.3 is 0 Å². The van der Waals surface area contributed by atoms with Crippen molar-refractivity contribution < 1.29 is 19.1 Å². The quantitative estimate of drug-likeness (QED) is 0.905. The smallest absolute Gasteiger partial charge is 0.262 e. The van der Waals surface area contributed by atoms with Crippen molar-refractivity contribution in [1.29, 1.82) is 0 Å². The van der Waals surface area contributed by atoms with Crippen LogP contribution in [0.5, 0.6) is 11.5 Å². The molecular weight excluding hydrogens is 296 g/mol. The van der Waals surface area contributed by atoms with E-state index in [1.165, 1.54) is 0 Å². The van der Waals surface area contributed by atoms with Gasteiger partial charge in [-0.1, -0.05) is 18.2 Å². The molecule has 0 spiro atoms. The number of para-hydroxylation sites is 1.